The van der Waals surface area contributed by atoms with Crippen molar-refractivity contribution in [3.63, 3.8) is 0 Å². The fourth-order valence-electron chi connectivity index (χ4n) is 6.48. The number of hydrogen-bond donors (Lipinski definition) is 2. The first-order valence-electron chi connectivity index (χ1n) is 13.8. The van der Waals surface area contributed by atoms with Gasteiger partial charge in [0.2, 0.25) is 11.8 Å². The SMILES string of the molecule is CCC1(CC)OCC(c2cc(F)cc(F)c2)N(CC(=O)Nc2ccc3c(c2)CC2(C3)C(=O)Nc3ncccc32)C1=O. The second kappa shape index (κ2) is 10.0. The summed E-state index contributed by atoms with van der Waals surface area (Å²) in [5.41, 5.74) is 1.73. The molecule has 3 amide bonds. The smallest absolute Gasteiger partial charge is 0.255 e. The first kappa shape index (κ1) is 27.0. The number of halogens is 2. The molecule has 41 heavy (non-hydrogen) atoms. The Morgan fingerprint density at radius 3 is 2.54 bits per heavy atom. The number of ether oxygens (including phenoxy) is 1. The van der Waals surface area contributed by atoms with Crippen molar-refractivity contribution in [1.82, 2.24) is 9.88 Å². The van der Waals surface area contributed by atoms with Crippen LogP contribution >= 0.6 is 0 Å². The maximum Gasteiger partial charge on any atom is 0.255 e. The minimum Gasteiger partial charge on any atom is -0.363 e. The van der Waals surface area contributed by atoms with Crippen molar-refractivity contribution in [1.29, 1.82) is 0 Å². The number of carbonyl (C=O) groups excluding carboxylic acids is 3. The van der Waals surface area contributed by atoms with Gasteiger partial charge in [0.15, 0.2) is 0 Å². The number of amides is 3. The van der Waals surface area contributed by atoms with Crippen LogP contribution in [0.5, 0.6) is 0 Å². The molecule has 8 nitrogen and oxygen atoms in total. The molecule has 212 valence electrons. The number of anilines is 2. The van der Waals surface area contributed by atoms with Gasteiger partial charge >= 0.3 is 0 Å². The van der Waals surface area contributed by atoms with Gasteiger partial charge in [-0.25, -0.2) is 13.8 Å². The van der Waals surface area contributed by atoms with E-state index in [0.717, 1.165) is 34.9 Å². The zero-order valence-electron chi connectivity index (χ0n) is 22.8. The Kier molecular flexibility index (Phi) is 6.60. The molecule has 0 saturated carbocycles. The summed E-state index contributed by atoms with van der Waals surface area (Å²) in [6, 6.07) is 11.5. The lowest BCUT2D eigenvalue weighted by atomic mass is 9.79. The predicted octanol–water partition coefficient (Wildman–Crippen LogP) is 4.45. The molecule has 0 bridgehead atoms. The summed E-state index contributed by atoms with van der Waals surface area (Å²) >= 11 is 0. The molecule has 2 N–H and O–H groups in total. The summed E-state index contributed by atoms with van der Waals surface area (Å²) in [4.78, 5) is 45.7. The molecule has 2 aromatic carbocycles. The highest BCUT2D eigenvalue weighted by Crippen LogP contribution is 2.47. The number of hydrogen-bond acceptors (Lipinski definition) is 5. The number of rotatable bonds is 6. The second-order valence-corrected chi connectivity index (χ2v) is 11.0. The van der Waals surface area contributed by atoms with Gasteiger partial charge in [-0.15, -0.1) is 0 Å². The summed E-state index contributed by atoms with van der Waals surface area (Å²) in [6.45, 7) is 3.34. The lowest BCUT2D eigenvalue weighted by Gasteiger charge is -2.45. The lowest BCUT2D eigenvalue weighted by molar-refractivity contribution is -0.182. The lowest BCUT2D eigenvalue weighted by Crippen LogP contribution is -2.58. The number of morpholine rings is 1. The number of fused-ring (bicyclic) bond motifs is 3. The minimum atomic E-state index is -1.11. The molecular formula is C31H30F2N4O4. The highest BCUT2D eigenvalue weighted by molar-refractivity contribution is 6.06. The molecule has 0 radical (unpaired) electrons. The molecule has 2 aliphatic heterocycles. The van der Waals surface area contributed by atoms with Gasteiger partial charge in [0.25, 0.3) is 5.91 Å². The third-order valence-electron chi connectivity index (χ3n) is 8.73. The van der Waals surface area contributed by atoms with Crippen LogP contribution in [0.4, 0.5) is 20.3 Å². The quantitative estimate of drug-likeness (QED) is 0.464. The number of aromatic nitrogens is 1. The summed E-state index contributed by atoms with van der Waals surface area (Å²) in [5.74, 6) is -1.90. The standard InChI is InChI=1S/C31H30F2N4O4/c1-3-31(4-2)29(40)37(25(17-41-31)19-10-21(32)13-22(33)11-19)16-26(38)35-23-8-7-18-14-30(15-20(18)12-23)24-6-5-9-34-27(24)36-28(30)39/h5-13,25H,3-4,14-17H2,1-2H3,(H,35,38)(H,34,36,39). The summed E-state index contributed by atoms with van der Waals surface area (Å²) in [5, 5.41) is 5.76. The average molecular weight is 561 g/mol. The summed E-state index contributed by atoms with van der Waals surface area (Å²) in [7, 11) is 0. The van der Waals surface area contributed by atoms with Crippen molar-refractivity contribution in [2.45, 2.75) is 56.6 Å². The number of nitrogens with one attached hydrogen (secondary N) is 2. The van der Waals surface area contributed by atoms with Gasteiger partial charge in [0.05, 0.1) is 18.1 Å². The highest BCUT2D eigenvalue weighted by atomic mass is 19.1. The normalized spacial score (nSPS) is 22.4. The van der Waals surface area contributed by atoms with Crippen LogP contribution < -0.4 is 10.6 Å². The number of carbonyl (C=O) groups is 3. The third kappa shape index (κ3) is 4.46. The zero-order valence-corrected chi connectivity index (χ0v) is 22.8. The minimum absolute atomic E-state index is 0.00289. The van der Waals surface area contributed by atoms with E-state index in [9.17, 15) is 23.2 Å². The predicted molar refractivity (Wildman–Crippen MR) is 147 cm³/mol. The van der Waals surface area contributed by atoms with Crippen molar-refractivity contribution in [3.8, 4) is 0 Å². The molecule has 3 aliphatic rings. The van der Waals surface area contributed by atoms with Crippen LogP contribution in [0.15, 0.2) is 54.7 Å². The average Bonchev–Trinajstić information content (AvgIpc) is 3.46. The molecule has 1 aliphatic carbocycles. The monoisotopic (exact) mass is 560 g/mol. The largest absolute Gasteiger partial charge is 0.363 e. The Balaban J connectivity index is 1.23. The molecule has 6 rings (SSSR count). The van der Waals surface area contributed by atoms with E-state index in [0.29, 0.717) is 37.2 Å². The molecule has 3 heterocycles. The third-order valence-corrected chi connectivity index (χ3v) is 8.73. The first-order valence-corrected chi connectivity index (χ1v) is 13.8. The molecule has 1 aromatic heterocycles. The molecule has 2 atom stereocenters. The van der Waals surface area contributed by atoms with Crippen LogP contribution in [-0.4, -0.2) is 46.4 Å². The molecule has 3 aromatic rings. The van der Waals surface area contributed by atoms with Crippen LogP contribution in [0.2, 0.25) is 0 Å². The summed E-state index contributed by atoms with van der Waals surface area (Å²) < 4.78 is 34.1. The Morgan fingerprint density at radius 2 is 1.80 bits per heavy atom. The first-order chi connectivity index (χ1) is 19.7. The van der Waals surface area contributed by atoms with Crippen LogP contribution in [0.3, 0.4) is 0 Å². The molecule has 1 fully saturated rings. The van der Waals surface area contributed by atoms with Gasteiger partial charge in [-0.2, -0.15) is 0 Å². The maximum atomic E-state index is 14.1. The topological polar surface area (TPSA) is 101 Å². The highest BCUT2D eigenvalue weighted by Gasteiger charge is 2.51. The van der Waals surface area contributed by atoms with Crippen molar-refractivity contribution < 1.29 is 27.9 Å². The Morgan fingerprint density at radius 1 is 1.07 bits per heavy atom. The van der Waals surface area contributed by atoms with Gasteiger partial charge < -0.3 is 20.3 Å². The van der Waals surface area contributed by atoms with E-state index < -0.39 is 40.5 Å². The number of pyridine rings is 1. The van der Waals surface area contributed by atoms with E-state index in [1.807, 2.05) is 38.1 Å². The fourth-order valence-corrected chi connectivity index (χ4v) is 6.48. The van der Waals surface area contributed by atoms with Crippen molar-refractivity contribution in [3.05, 3.63) is 88.6 Å². The van der Waals surface area contributed by atoms with Crippen LogP contribution in [0.25, 0.3) is 0 Å². The van der Waals surface area contributed by atoms with Gasteiger partial charge in [0, 0.05) is 23.5 Å². The Bertz CT molecular complexity index is 1550. The number of nitrogens with zero attached hydrogens (tertiary/aromatic N) is 2. The van der Waals surface area contributed by atoms with E-state index in [1.54, 1.807) is 12.3 Å². The Hall–Kier alpha value is -4.18. The summed E-state index contributed by atoms with van der Waals surface area (Å²) in [6.07, 6.45) is 3.44. The second-order valence-electron chi connectivity index (χ2n) is 11.0. The van der Waals surface area contributed by atoms with Gasteiger partial charge in [-0.05, 0) is 72.7 Å². The van der Waals surface area contributed by atoms with Crippen LogP contribution in [0.1, 0.15) is 55.0 Å². The zero-order chi connectivity index (χ0) is 28.9. The van der Waals surface area contributed by atoms with Gasteiger partial charge in [0.1, 0.15) is 29.6 Å². The maximum absolute atomic E-state index is 14.1. The van der Waals surface area contributed by atoms with Gasteiger partial charge in [-0.3, -0.25) is 14.4 Å². The fraction of sp³-hybridized carbons (Fsp3) is 0.355. The van der Waals surface area contributed by atoms with Crippen LogP contribution in [0, 0.1) is 11.6 Å². The molecular weight excluding hydrogens is 530 g/mol. The molecule has 2 unspecified atom stereocenters. The van der Waals surface area contributed by atoms with Gasteiger partial charge in [-0.1, -0.05) is 26.0 Å². The van der Waals surface area contributed by atoms with Crippen molar-refractivity contribution in [2.24, 2.45) is 0 Å². The van der Waals surface area contributed by atoms with E-state index in [1.165, 1.54) is 4.90 Å². The van der Waals surface area contributed by atoms with E-state index in [4.69, 9.17) is 4.74 Å². The van der Waals surface area contributed by atoms with E-state index >= 15 is 0 Å². The number of benzene rings is 2. The molecule has 1 saturated heterocycles. The molecule has 1 spiro atoms. The molecule has 10 heteroatoms. The Labute approximate surface area is 236 Å². The van der Waals surface area contributed by atoms with E-state index in [2.05, 4.69) is 15.6 Å². The van der Waals surface area contributed by atoms with Crippen molar-refractivity contribution in [2.75, 3.05) is 23.8 Å². The van der Waals surface area contributed by atoms with E-state index in [-0.39, 0.29) is 24.6 Å². The van der Waals surface area contributed by atoms with Crippen molar-refractivity contribution >= 4 is 29.2 Å². The van der Waals surface area contributed by atoms with Crippen LogP contribution in [-0.2, 0) is 37.4 Å².